The van der Waals surface area contributed by atoms with Gasteiger partial charge in [0.25, 0.3) is 5.91 Å². The second-order valence-electron chi connectivity index (χ2n) is 9.99. The topological polar surface area (TPSA) is 156 Å². The van der Waals surface area contributed by atoms with Gasteiger partial charge >= 0.3 is 0 Å². The number of nitrogens with one attached hydrogen (secondary N) is 3. The molecule has 1 unspecified atom stereocenters. The van der Waals surface area contributed by atoms with Crippen LogP contribution in [0.4, 0.5) is 4.39 Å². The molecule has 13 heteroatoms. The van der Waals surface area contributed by atoms with Crippen molar-refractivity contribution in [3.63, 3.8) is 0 Å². The van der Waals surface area contributed by atoms with E-state index in [1.807, 2.05) is 6.92 Å². The van der Waals surface area contributed by atoms with Crippen LogP contribution in [0.5, 0.6) is 11.5 Å². The van der Waals surface area contributed by atoms with Gasteiger partial charge in [0.1, 0.15) is 29.2 Å². The van der Waals surface area contributed by atoms with E-state index in [4.69, 9.17) is 25.4 Å². The Kier molecular flexibility index (Phi) is 8.52. The van der Waals surface area contributed by atoms with Crippen LogP contribution in [0.2, 0.25) is 0 Å². The van der Waals surface area contributed by atoms with Crippen LogP contribution < -0.4 is 21.1 Å². The van der Waals surface area contributed by atoms with Crippen molar-refractivity contribution in [3.8, 4) is 11.5 Å². The fraction of sp³-hybridized carbons (Fsp3) is 0.310. The van der Waals surface area contributed by atoms with E-state index in [0.717, 1.165) is 4.88 Å². The third kappa shape index (κ3) is 6.59. The Hall–Kier alpha value is -4.33. The number of thiophene rings is 1. The van der Waals surface area contributed by atoms with E-state index in [9.17, 15) is 18.8 Å². The van der Waals surface area contributed by atoms with Crippen molar-refractivity contribution in [1.82, 2.24) is 15.5 Å². The summed E-state index contributed by atoms with van der Waals surface area (Å²) >= 11 is 1.37. The molecule has 0 saturated carbocycles. The zero-order valence-electron chi connectivity index (χ0n) is 22.7. The molecule has 2 atom stereocenters. The Labute approximate surface area is 245 Å². The second-order valence-corrected chi connectivity index (χ2v) is 10.9. The number of nitrogens with two attached hydrogens (primary N) is 1. The number of carbonyl (C=O) groups is 3. The molecule has 11 nitrogen and oxygen atoms in total. The molecule has 2 aromatic carbocycles. The first-order valence-electron chi connectivity index (χ1n) is 13.2. The lowest BCUT2D eigenvalue weighted by molar-refractivity contribution is -0.152. The molecule has 42 heavy (non-hydrogen) atoms. The van der Waals surface area contributed by atoms with Crippen LogP contribution in [0.3, 0.4) is 0 Å². The average molecular weight is 596 g/mol. The van der Waals surface area contributed by atoms with E-state index in [-0.39, 0.29) is 43.1 Å². The van der Waals surface area contributed by atoms with Gasteiger partial charge in [0.2, 0.25) is 11.8 Å². The minimum absolute atomic E-state index is 0.0527. The summed E-state index contributed by atoms with van der Waals surface area (Å²) in [4.78, 5) is 41.6. The maximum Gasteiger partial charge on any atom is 0.251 e. The number of hydrogen-bond acceptors (Lipinski definition) is 8. The van der Waals surface area contributed by atoms with Gasteiger partial charge in [-0.05, 0) is 61.5 Å². The average Bonchev–Trinajstić information content (AvgIpc) is 3.74. The lowest BCUT2D eigenvalue weighted by atomic mass is 10.1. The Balaban J connectivity index is 1.20. The molecule has 2 aliphatic heterocycles. The number of rotatable bonds is 9. The van der Waals surface area contributed by atoms with Gasteiger partial charge in [0.05, 0.1) is 32.3 Å². The molecular weight excluding hydrogens is 565 g/mol. The van der Waals surface area contributed by atoms with Crippen LogP contribution in [-0.4, -0.2) is 66.6 Å². The van der Waals surface area contributed by atoms with Crippen LogP contribution >= 0.6 is 11.3 Å². The fourth-order valence-electron chi connectivity index (χ4n) is 4.82. The van der Waals surface area contributed by atoms with Gasteiger partial charge in [-0.15, -0.1) is 11.3 Å². The number of halogens is 1. The van der Waals surface area contributed by atoms with Gasteiger partial charge in [-0.1, -0.05) is 0 Å². The molecule has 5 rings (SSSR count). The van der Waals surface area contributed by atoms with Crippen LogP contribution in [0.25, 0.3) is 0 Å². The van der Waals surface area contributed by atoms with Crippen LogP contribution in [-0.2, 0) is 19.1 Å². The third-order valence-corrected chi connectivity index (χ3v) is 8.13. The summed E-state index contributed by atoms with van der Waals surface area (Å²) in [5.74, 6) is -1.93. The first-order valence-corrected chi connectivity index (χ1v) is 14.1. The van der Waals surface area contributed by atoms with Gasteiger partial charge in [-0.25, -0.2) is 4.39 Å². The Bertz CT molecular complexity index is 1470. The molecule has 3 aromatic rings. The van der Waals surface area contributed by atoms with Gasteiger partial charge < -0.3 is 35.5 Å². The summed E-state index contributed by atoms with van der Waals surface area (Å²) in [7, 11) is 0. The first-order chi connectivity index (χ1) is 20.1. The van der Waals surface area contributed by atoms with Crippen molar-refractivity contribution in [3.05, 3.63) is 81.8 Å². The Morgan fingerprint density at radius 2 is 1.76 bits per heavy atom. The number of benzene rings is 2. The number of nitrogen functional groups attached to an aromatic ring is 1. The minimum atomic E-state index is -1.07. The monoisotopic (exact) mass is 595 g/mol. The van der Waals surface area contributed by atoms with E-state index < -0.39 is 23.6 Å². The highest BCUT2D eigenvalue weighted by Gasteiger charge is 2.52. The van der Waals surface area contributed by atoms with E-state index in [0.29, 0.717) is 35.8 Å². The summed E-state index contributed by atoms with van der Waals surface area (Å²) in [6.07, 6.45) is 0.157. The highest BCUT2D eigenvalue weighted by atomic mass is 32.1. The minimum Gasteiger partial charge on any atom is -0.457 e. The van der Waals surface area contributed by atoms with Crippen LogP contribution in [0, 0.1) is 11.2 Å². The standard InChI is InChI=1S/C29H30FN5O6S/c1-17(24-12-19(15-42-24)26(31)32)34-28(38)23-13-29(39-10-11-40-29)16-35(23)25(36)14-33-27(37)18-2-6-21(7-3-18)41-22-8-4-20(30)5-9-22/h2-9,12,15,17,23H,10-11,13-14,16H2,1H3,(H3,31,32)(H,33,37)(H,34,38)/t17?,23-/m0/s1. The Morgan fingerprint density at radius 1 is 1.12 bits per heavy atom. The SMILES string of the molecule is CC(NC(=O)[C@@H]1CC2(CN1C(=O)CNC(=O)c1ccc(Oc3ccc(F)cc3)cc1)OCCO2)c1cc(C(=N)N)cs1. The van der Waals surface area contributed by atoms with Gasteiger partial charge in [0.15, 0.2) is 5.79 Å². The summed E-state index contributed by atoms with van der Waals surface area (Å²) in [6.45, 7) is 2.23. The molecular formula is C29H30FN5O6S. The summed E-state index contributed by atoms with van der Waals surface area (Å²) in [5.41, 5.74) is 6.44. The number of amidine groups is 1. The van der Waals surface area contributed by atoms with E-state index in [1.54, 1.807) is 35.7 Å². The van der Waals surface area contributed by atoms with Crippen molar-refractivity contribution in [2.75, 3.05) is 26.3 Å². The van der Waals surface area contributed by atoms with Crippen molar-refractivity contribution in [1.29, 1.82) is 5.41 Å². The molecule has 0 radical (unpaired) electrons. The lowest BCUT2D eigenvalue weighted by Crippen LogP contribution is -2.49. The second kappa shape index (κ2) is 12.3. The predicted molar refractivity (Wildman–Crippen MR) is 152 cm³/mol. The van der Waals surface area contributed by atoms with E-state index in [1.165, 1.54) is 40.5 Å². The quantitative estimate of drug-likeness (QED) is 0.219. The summed E-state index contributed by atoms with van der Waals surface area (Å²) in [6, 6.07) is 12.3. The van der Waals surface area contributed by atoms with Crippen LogP contribution in [0.1, 0.15) is 40.2 Å². The molecule has 2 saturated heterocycles. The lowest BCUT2D eigenvalue weighted by Gasteiger charge is -2.25. The van der Waals surface area contributed by atoms with Gasteiger partial charge in [-0.2, -0.15) is 0 Å². The van der Waals surface area contributed by atoms with Gasteiger partial charge in [-0.3, -0.25) is 19.8 Å². The number of hydrogen-bond donors (Lipinski definition) is 4. The number of carbonyl (C=O) groups excluding carboxylic acids is 3. The molecule has 3 amide bonds. The van der Waals surface area contributed by atoms with Crippen LogP contribution in [0.15, 0.2) is 60.0 Å². The smallest absolute Gasteiger partial charge is 0.251 e. The zero-order valence-corrected chi connectivity index (χ0v) is 23.5. The largest absolute Gasteiger partial charge is 0.457 e. The molecule has 3 heterocycles. The van der Waals surface area contributed by atoms with Crippen molar-refractivity contribution < 1.29 is 33.0 Å². The number of amides is 3. The molecule has 2 fully saturated rings. The summed E-state index contributed by atoms with van der Waals surface area (Å²) < 4.78 is 30.3. The third-order valence-electron chi connectivity index (χ3n) is 7.01. The maximum absolute atomic E-state index is 13.4. The molecule has 2 aliphatic rings. The highest BCUT2D eigenvalue weighted by molar-refractivity contribution is 7.10. The molecule has 0 aliphatic carbocycles. The maximum atomic E-state index is 13.4. The fourth-order valence-corrected chi connectivity index (χ4v) is 5.73. The van der Waals surface area contributed by atoms with Crippen molar-refractivity contribution in [2.24, 2.45) is 5.73 Å². The molecule has 5 N–H and O–H groups in total. The molecule has 1 spiro atoms. The normalized spacial score (nSPS) is 18.0. The molecule has 1 aromatic heterocycles. The van der Waals surface area contributed by atoms with Crippen molar-refractivity contribution in [2.45, 2.75) is 31.2 Å². The number of nitrogens with zero attached hydrogens (tertiary/aromatic N) is 1. The van der Waals surface area contributed by atoms with Gasteiger partial charge in [0, 0.05) is 27.8 Å². The first kappa shape index (κ1) is 29.2. The number of ether oxygens (including phenoxy) is 3. The highest BCUT2D eigenvalue weighted by Crippen LogP contribution is 2.35. The Morgan fingerprint density at radius 3 is 2.38 bits per heavy atom. The summed E-state index contributed by atoms with van der Waals surface area (Å²) in [5, 5.41) is 14.9. The molecule has 220 valence electrons. The van der Waals surface area contributed by atoms with E-state index in [2.05, 4.69) is 10.6 Å². The van der Waals surface area contributed by atoms with Crippen molar-refractivity contribution >= 4 is 34.9 Å². The molecule has 0 bridgehead atoms. The van der Waals surface area contributed by atoms with E-state index >= 15 is 0 Å². The number of likely N-dealkylation sites (tertiary alicyclic amines) is 1. The predicted octanol–water partition coefficient (Wildman–Crippen LogP) is 2.91. The zero-order chi connectivity index (χ0) is 29.9.